The Morgan fingerprint density at radius 3 is 2.41 bits per heavy atom. The minimum Gasteiger partial charge on any atom is -0.397 e. The minimum atomic E-state index is -4.47. The predicted octanol–water partition coefficient (Wildman–Crippen LogP) is 4.01. The quantitative estimate of drug-likeness (QED) is 0.648. The van der Waals surface area contributed by atoms with E-state index >= 15 is 0 Å². The van der Waals surface area contributed by atoms with Gasteiger partial charge in [0.05, 0.1) is 23.5 Å². The fourth-order valence-corrected chi connectivity index (χ4v) is 2.15. The Kier molecular flexibility index (Phi) is 4.92. The maximum atomic E-state index is 13.3. The molecule has 0 fully saturated rings. The van der Waals surface area contributed by atoms with Crippen LogP contribution >= 0.6 is 0 Å². The van der Waals surface area contributed by atoms with Crippen molar-refractivity contribution in [1.82, 2.24) is 0 Å². The third-order valence-electron chi connectivity index (χ3n) is 3.20. The summed E-state index contributed by atoms with van der Waals surface area (Å²) in [5, 5.41) is 2.99. The van der Waals surface area contributed by atoms with Gasteiger partial charge in [0.15, 0.2) is 0 Å². The van der Waals surface area contributed by atoms with Crippen molar-refractivity contribution in [2.45, 2.75) is 6.18 Å². The largest absolute Gasteiger partial charge is 0.417 e. The molecule has 0 saturated heterocycles. The van der Waals surface area contributed by atoms with Crippen LogP contribution in [-0.2, 0) is 10.9 Å². The Bertz CT molecular complexity index is 627. The summed E-state index contributed by atoms with van der Waals surface area (Å²) in [7, 11) is 1.55. The zero-order valence-electron chi connectivity index (χ0n) is 12.1. The molecule has 0 spiro atoms. The van der Waals surface area contributed by atoms with Crippen LogP contribution in [0.15, 0.2) is 42.5 Å². The van der Waals surface area contributed by atoms with Gasteiger partial charge in [-0.05, 0) is 23.3 Å². The van der Waals surface area contributed by atoms with Crippen molar-refractivity contribution in [3.63, 3.8) is 0 Å². The second-order valence-corrected chi connectivity index (χ2v) is 4.77. The highest BCUT2D eigenvalue weighted by atomic mass is 19.4. The lowest BCUT2D eigenvalue weighted by Crippen LogP contribution is -2.12. The molecule has 0 amide bonds. The smallest absolute Gasteiger partial charge is 0.397 e. The SMILES string of the molecule is COCCNc1cc(-c2ccccc2)c(C(F)(F)F)cc1N. The number of hydrogen-bond acceptors (Lipinski definition) is 3. The second kappa shape index (κ2) is 6.70. The zero-order chi connectivity index (χ0) is 16.2. The van der Waals surface area contributed by atoms with Gasteiger partial charge in [0.1, 0.15) is 0 Å². The van der Waals surface area contributed by atoms with Crippen LogP contribution in [0.2, 0.25) is 0 Å². The minimum absolute atomic E-state index is 0.0584. The first-order valence-electron chi connectivity index (χ1n) is 6.72. The number of rotatable bonds is 5. The summed E-state index contributed by atoms with van der Waals surface area (Å²) in [5.74, 6) is 0. The van der Waals surface area contributed by atoms with E-state index in [9.17, 15) is 13.2 Å². The third kappa shape index (κ3) is 3.71. The van der Waals surface area contributed by atoms with E-state index in [1.54, 1.807) is 37.4 Å². The van der Waals surface area contributed by atoms with Crippen molar-refractivity contribution >= 4 is 11.4 Å². The van der Waals surface area contributed by atoms with Crippen LogP contribution in [0.5, 0.6) is 0 Å². The monoisotopic (exact) mass is 310 g/mol. The maximum absolute atomic E-state index is 13.3. The van der Waals surface area contributed by atoms with Gasteiger partial charge >= 0.3 is 6.18 Å². The second-order valence-electron chi connectivity index (χ2n) is 4.77. The van der Waals surface area contributed by atoms with Gasteiger partial charge in [0.2, 0.25) is 0 Å². The Labute approximate surface area is 126 Å². The number of nitrogens with two attached hydrogens (primary N) is 1. The highest BCUT2D eigenvalue weighted by Gasteiger charge is 2.34. The van der Waals surface area contributed by atoms with Crippen LogP contribution < -0.4 is 11.1 Å². The van der Waals surface area contributed by atoms with Gasteiger partial charge in [-0.3, -0.25) is 0 Å². The molecule has 0 aliphatic heterocycles. The molecule has 0 atom stereocenters. The molecule has 0 saturated carbocycles. The zero-order valence-corrected chi connectivity index (χ0v) is 12.1. The number of methoxy groups -OCH3 is 1. The summed E-state index contributed by atoms with van der Waals surface area (Å²) in [4.78, 5) is 0. The molecule has 118 valence electrons. The molecule has 0 unspecified atom stereocenters. The van der Waals surface area contributed by atoms with Gasteiger partial charge in [0, 0.05) is 13.7 Å². The molecule has 6 heteroatoms. The number of alkyl halides is 3. The van der Waals surface area contributed by atoms with E-state index in [1.807, 2.05) is 0 Å². The summed E-state index contributed by atoms with van der Waals surface area (Å²) < 4.78 is 44.7. The Balaban J connectivity index is 2.49. The first-order chi connectivity index (χ1) is 10.4. The molecule has 0 bridgehead atoms. The van der Waals surface area contributed by atoms with Crippen LogP contribution in [0.4, 0.5) is 24.5 Å². The van der Waals surface area contributed by atoms with Crippen LogP contribution in [0, 0.1) is 0 Å². The van der Waals surface area contributed by atoms with Crippen LogP contribution in [0.3, 0.4) is 0 Å². The molecule has 0 aliphatic carbocycles. The molecule has 0 radical (unpaired) electrons. The Morgan fingerprint density at radius 1 is 1.14 bits per heavy atom. The van der Waals surface area contributed by atoms with Gasteiger partial charge in [-0.15, -0.1) is 0 Å². The van der Waals surface area contributed by atoms with Crippen molar-refractivity contribution in [2.75, 3.05) is 31.3 Å². The van der Waals surface area contributed by atoms with Crippen LogP contribution in [0.1, 0.15) is 5.56 Å². The van der Waals surface area contributed by atoms with Crippen molar-refractivity contribution < 1.29 is 17.9 Å². The summed E-state index contributed by atoms with van der Waals surface area (Å²) in [6, 6.07) is 10.8. The van der Waals surface area contributed by atoms with E-state index in [1.165, 1.54) is 6.07 Å². The molecular formula is C16H17F3N2O. The average Bonchev–Trinajstić information content (AvgIpc) is 2.48. The molecule has 3 N–H and O–H groups in total. The number of hydrogen-bond donors (Lipinski definition) is 2. The van der Waals surface area contributed by atoms with E-state index in [-0.39, 0.29) is 11.3 Å². The molecule has 0 aromatic heterocycles. The molecule has 3 nitrogen and oxygen atoms in total. The number of benzene rings is 2. The fraction of sp³-hybridized carbons (Fsp3) is 0.250. The lowest BCUT2D eigenvalue weighted by atomic mass is 9.97. The molecule has 0 heterocycles. The van der Waals surface area contributed by atoms with Gasteiger partial charge in [0.25, 0.3) is 0 Å². The number of nitrogen functional groups attached to an aromatic ring is 1. The molecule has 2 rings (SSSR count). The highest BCUT2D eigenvalue weighted by molar-refractivity contribution is 5.79. The van der Waals surface area contributed by atoms with E-state index in [2.05, 4.69) is 5.32 Å². The Hall–Kier alpha value is -2.21. The van der Waals surface area contributed by atoms with Gasteiger partial charge < -0.3 is 15.8 Å². The highest BCUT2D eigenvalue weighted by Crippen LogP contribution is 2.40. The van der Waals surface area contributed by atoms with Crippen molar-refractivity contribution in [1.29, 1.82) is 0 Å². The molecule has 2 aromatic carbocycles. The summed E-state index contributed by atoms with van der Waals surface area (Å²) >= 11 is 0. The first-order valence-corrected chi connectivity index (χ1v) is 6.72. The number of nitrogens with one attached hydrogen (secondary N) is 1. The Morgan fingerprint density at radius 2 is 1.82 bits per heavy atom. The standard InChI is InChI=1S/C16H17F3N2O/c1-22-8-7-21-15-9-12(11-5-3-2-4-6-11)13(10-14(15)20)16(17,18)19/h2-6,9-10,21H,7-8,20H2,1H3. The number of ether oxygens (including phenoxy) is 1. The summed E-state index contributed by atoms with van der Waals surface area (Å²) in [6.45, 7) is 0.890. The number of anilines is 2. The van der Waals surface area contributed by atoms with Gasteiger partial charge in [-0.2, -0.15) is 13.2 Å². The van der Waals surface area contributed by atoms with Gasteiger partial charge in [-0.1, -0.05) is 30.3 Å². The molecule has 2 aromatic rings. The van der Waals surface area contributed by atoms with E-state index in [0.717, 1.165) is 6.07 Å². The van der Waals surface area contributed by atoms with Crippen molar-refractivity contribution in [3.8, 4) is 11.1 Å². The normalized spacial score (nSPS) is 11.5. The van der Waals surface area contributed by atoms with E-state index < -0.39 is 11.7 Å². The topological polar surface area (TPSA) is 47.3 Å². The van der Waals surface area contributed by atoms with Crippen molar-refractivity contribution in [2.24, 2.45) is 0 Å². The van der Waals surface area contributed by atoms with Crippen LogP contribution in [0.25, 0.3) is 11.1 Å². The average molecular weight is 310 g/mol. The first kappa shape index (κ1) is 16.2. The summed E-state index contributed by atoms with van der Waals surface area (Å²) in [5.41, 5.74) is 6.11. The molecule has 22 heavy (non-hydrogen) atoms. The fourth-order valence-electron chi connectivity index (χ4n) is 2.15. The lowest BCUT2D eigenvalue weighted by molar-refractivity contribution is -0.137. The third-order valence-corrected chi connectivity index (χ3v) is 3.20. The molecule has 0 aliphatic rings. The van der Waals surface area contributed by atoms with Crippen molar-refractivity contribution in [3.05, 3.63) is 48.0 Å². The number of halogens is 3. The molecular weight excluding hydrogens is 293 g/mol. The van der Waals surface area contributed by atoms with Crippen LogP contribution in [-0.4, -0.2) is 20.3 Å². The lowest BCUT2D eigenvalue weighted by Gasteiger charge is -2.17. The summed E-state index contributed by atoms with van der Waals surface area (Å²) in [6.07, 6.45) is -4.47. The van der Waals surface area contributed by atoms with Gasteiger partial charge in [-0.25, -0.2) is 0 Å². The predicted molar refractivity (Wildman–Crippen MR) is 81.7 cm³/mol. The van der Waals surface area contributed by atoms with E-state index in [4.69, 9.17) is 10.5 Å². The maximum Gasteiger partial charge on any atom is 0.417 e. The van der Waals surface area contributed by atoms with E-state index in [0.29, 0.717) is 24.4 Å².